The van der Waals surface area contributed by atoms with E-state index in [0.717, 1.165) is 33.8 Å². The van der Waals surface area contributed by atoms with Crippen LogP contribution in [-0.4, -0.2) is 21.7 Å². The fraction of sp³-hybridized carbons (Fsp3) is 0.286. The van der Waals surface area contributed by atoms with Gasteiger partial charge >= 0.3 is 12.1 Å². The van der Waals surface area contributed by atoms with E-state index in [1.165, 1.54) is 37.3 Å². The van der Waals surface area contributed by atoms with Crippen molar-refractivity contribution in [2.75, 3.05) is 0 Å². The number of hydrogen-bond donors (Lipinski definition) is 2. The molecule has 6 nitrogen and oxygen atoms in total. The first-order chi connectivity index (χ1) is 17.8. The number of carboxylic acids is 1. The fourth-order valence-corrected chi connectivity index (χ4v) is 5.01. The minimum absolute atomic E-state index is 0.340. The predicted molar refractivity (Wildman–Crippen MR) is 138 cm³/mol. The Morgan fingerprint density at radius 1 is 1.13 bits per heavy atom. The first-order valence-electron chi connectivity index (χ1n) is 11.8. The van der Waals surface area contributed by atoms with Gasteiger partial charge in [-0.3, -0.25) is 5.32 Å². The molecule has 0 radical (unpaired) electrons. The van der Waals surface area contributed by atoms with Gasteiger partial charge in [0.05, 0.1) is 22.4 Å². The van der Waals surface area contributed by atoms with E-state index in [1.807, 2.05) is 32.0 Å². The van der Waals surface area contributed by atoms with Crippen LogP contribution in [0, 0.1) is 13.8 Å². The first-order valence-corrected chi connectivity index (χ1v) is 12.6. The summed E-state index contributed by atoms with van der Waals surface area (Å²) in [5.74, 6) is 0.110. The molecule has 0 saturated heterocycles. The van der Waals surface area contributed by atoms with Crippen LogP contribution in [-0.2, 0) is 17.5 Å². The molecule has 2 aromatic carbocycles. The molecule has 4 aromatic rings. The van der Waals surface area contributed by atoms with Gasteiger partial charge in [0.15, 0.2) is 5.60 Å². The number of furan rings is 1. The molecule has 1 unspecified atom stereocenters. The van der Waals surface area contributed by atoms with Gasteiger partial charge in [-0.05, 0) is 69.2 Å². The third-order valence-electron chi connectivity index (χ3n) is 6.01. The Labute approximate surface area is 222 Å². The number of carboxylic acid groups (broad SMARTS) is 1. The number of rotatable bonds is 9. The number of thiazole rings is 1. The van der Waals surface area contributed by atoms with Gasteiger partial charge in [0.2, 0.25) is 0 Å². The van der Waals surface area contributed by atoms with Crippen LogP contribution in [0.25, 0.3) is 10.6 Å². The molecule has 38 heavy (non-hydrogen) atoms. The minimum atomic E-state index is -4.40. The Bertz CT molecular complexity index is 1410. The van der Waals surface area contributed by atoms with Crippen molar-refractivity contribution in [2.24, 2.45) is 0 Å². The molecule has 0 aliphatic heterocycles. The Balaban J connectivity index is 1.56. The van der Waals surface area contributed by atoms with Crippen molar-refractivity contribution in [1.82, 2.24) is 10.3 Å². The van der Waals surface area contributed by atoms with Crippen LogP contribution in [0.3, 0.4) is 0 Å². The van der Waals surface area contributed by atoms with Crippen LogP contribution in [0.2, 0.25) is 0 Å². The summed E-state index contributed by atoms with van der Waals surface area (Å²) < 4.78 is 50.3. The lowest BCUT2D eigenvalue weighted by atomic mass is 10.1. The summed E-state index contributed by atoms with van der Waals surface area (Å²) in [6.45, 7) is 7.16. The van der Waals surface area contributed by atoms with E-state index in [4.69, 9.17) is 9.15 Å². The van der Waals surface area contributed by atoms with Crippen LogP contribution < -0.4 is 10.1 Å². The highest BCUT2D eigenvalue weighted by Crippen LogP contribution is 2.37. The molecule has 4 rings (SSSR count). The van der Waals surface area contributed by atoms with Gasteiger partial charge in [-0.15, -0.1) is 11.3 Å². The lowest BCUT2D eigenvalue weighted by Gasteiger charge is -2.23. The zero-order chi connectivity index (χ0) is 27.7. The minimum Gasteiger partial charge on any atom is -0.478 e. The average molecular weight is 545 g/mol. The summed E-state index contributed by atoms with van der Waals surface area (Å²) in [6, 6.07) is 13.8. The lowest BCUT2D eigenvalue weighted by molar-refractivity contribution is -0.152. The highest BCUT2D eigenvalue weighted by atomic mass is 32.1. The van der Waals surface area contributed by atoms with Crippen LogP contribution in [0.15, 0.2) is 65.3 Å². The molecule has 0 fully saturated rings. The van der Waals surface area contributed by atoms with Gasteiger partial charge in [-0.1, -0.05) is 24.3 Å². The predicted octanol–water partition coefficient (Wildman–Crippen LogP) is 7.16. The maximum absolute atomic E-state index is 13.0. The van der Waals surface area contributed by atoms with Gasteiger partial charge in [0.25, 0.3) is 0 Å². The molecule has 0 bridgehead atoms. The van der Waals surface area contributed by atoms with Crippen molar-refractivity contribution in [3.63, 3.8) is 0 Å². The van der Waals surface area contributed by atoms with Crippen molar-refractivity contribution in [2.45, 2.75) is 52.1 Å². The largest absolute Gasteiger partial charge is 0.478 e. The van der Waals surface area contributed by atoms with Gasteiger partial charge in [-0.2, -0.15) is 13.2 Å². The summed E-state index contributed by atoms with van der Waals surface area (Å²) in [5.41, 5.74) is 1.03. The maximum atomic E-state index is 13.0. The number of ether oxygens (including phenoxy) is 1. The number of halogens is 3. The summed E-state index contributed by atoms with van der Waals surface area (Å²) in [5, 5.41) is 13.4. The number of alkyl halides is 3. The molecule has 0 amide bonds. The lowest BCUT2D eigenvalue weighted by Crippen LogP contribution is -2.38. The summed E-state index contributed by atoms with van der Waals surface area (Å²) in [4.78, 5) is 16.9. The molecule has 10 heteroatoms. The Morgan fingerprint density at radius 2 is 1.84 bits per heavy atom. The highest BCUT2D eigenvalue weighted by molar-refractivity contribution is 7.15. The molecule has 1 atom stereocenters. The third kappa shape index (κ3) is 6.08. The Kier molecular flexibility index (Phi) is 7.66. The summed E-state index contributed by atoms with van der Waals surface area (Å²) >= 11 is 1.39. The van der Waals surface area contributed by atoms with E-state index in [9.17, 15) is 23.1 Å². The molecule has 200 valence electrons. The van der Waals surface area contributed by atoms with Gasteiger partial charge in [0, 0.05) is 12.1 Å². The Morgan fingerprint density at radius 3 is 2.42 bits per heavy atom. The van der Waals surface area contributed by atoms with Gasteiger partial charge in [0.1, 0.15) is 22.6 Å². The van der Waals surface area contributed by atoms with E-state index >= 15 is 0 Å². The Hall–Kier alpha value is -3.63. The van der Waals surface area contributed by atoms with Crippen molar-refractivity contribution >= 4 is 17.3 Å². The topological polar surface area (TPSA) is 84.6 Å². The molecular weight excluding hydrogens is 517 g/mol. The molecule has 0 saturated carbocycles. The second-order valence-electron chi connectivity index (χ2n) is 9.39. The number of aryl methyl sites for hydroxylation is 2. The number of aromatic nitrogens is 1. The fourth-order valence-electron chi connectivity index (χ4n) is 3.85. The number of benzene rings is 2. The van der Waals surface area contributed by atoms with E-state index in [1.54, 1.807) is 18.4 Å². The van der Waals surface area contributed by atoms with Crippen molar-refractivity contribution in [1.29, 1.82) is 0 Å². The molecule has 0 spiro atoms. The third-order valence-corrected chi connectivity index (χ3v) is 7.28. The second kappa shape index (κ2) is 10.6. The van der Waals surface area contributed by atoms with Gasteiger partial charge in [-0.25, -0.2) is 9.78 Å². The number of nitrogens with one attached hydrogen (secondary N) is 1. The van der Waals surface area contributed by atoms with Crippen LogP contribution in [0.4, 0.5) is 13.2 Å². The zero-order valence-corrected chi connectivity index (χ0v) is 22.0. The van der Waals surface area contributed by atoms with Crippen LogP contribution in [0.5, 0.6) is 5.75 Å². The molecular formula is C28H27F3N2O4S. The summed E-state index contributed by atoms with van der Waals surface area (Å²) in [6.07, 6.45) is -2.82. The first kappa shape index (κ1) is 27.4. The standard InChI is InChI=1S/C28H27F3N2O4S/c1-16-14-18(7-12-21(16)37-27(3,4)26(34)35)15-32-23(22-6-5-13-36-22)24-17(2)33-25(38-24)19-8-10-20(11-9-19)28(29,30)31/h5-14,23,32H,15H2,1-4H3,(H,34,35). The van der Waals surface area contributed by atoms with E-state index in [-0.39, 0.29) is 6.04 Å². The molecule has 2 N–H and O–H groups in total. The molecule has 2 aromatic heterocycles. The van der Waals surface area contributed by atoms with Crippen molar-refractivity contribution in [3.05, 3.63) is 93.9 Å². The van der Waals surface area contributed by atoms with E-state index in [0.29, 0.717) is 28.6 Å². The van der Waals surface area contributed by atoms with E-state index in [2.05, 4.69) is 10.3 Å². The molecule has 0 aliphatic rings. The number of aliphatic carboxylic acids is 1. The monoisotopic (exact) mass is 544 g/mol. The van der Waals surface area contributed by atoms with Gasteiger partial charge < -0.3 is 14.3 Å². The quantitative estimate of drug-likeness (QED) is 0.233. The molecule has 2 heterocycles. The SMILES string of the molecule is Cc1cc(CNC(c2ccco2)c2sc(-c3ccc(C(F)(F)F)cc3)nc2C)ccc1OC(C)(C)C(=O)O. The number of carbonyl (C=O) groups is 1. The van der Waals surface area contributed by atoms with Crippen molar-refractivity contribution in [3.8, 4) is 16.3 Å². The highest BCUT2D eigenvalue weighted by Gasteiger charge is 2.31. The van der Waals surface area contributed by atoms with Crippen LogP contribution in [0.1, 0.15) is 52.9 Å². The number of nitrogens with zero attached hydrogens (tertiary/aromatic N) is 1. The van der Waals surface area contributed by atoms with E-state index < -0.39 is 23.3 Å². The maximum Gasteiger partial charge on any atom is 0.416 e. The summed E-state index contributed by atoms with van der Waals surface area (Å²) in [7, 11) is 0. The zero-order valence-electron chi connectivity index (χ0n) is 21.2. The smallest absolute Gasteiger partial charge is 0.416 e. The number of hydrogen-bond acceptors (Lipinski definition) is 6. The second-order valence-corrected chi connectivity index (χ2v) is 10.4. The molecule has 0 aliphatic carbocycles. The average Bonchev–Trinajstić information content (AvgIpc) is 3.51. The van der Waals surface area contributed by atoms with Crippen molar-refractivity contribution < 1.29 is 32.2 Å². The van der Waals surface area contributed by atoms with Crippen LogP contribution >= 0.6 is 11.3 Å². The normalized spacial score (nSPS) is 12.9.